The maximum Gasteiger partial charge on any atom is -0.0386 e. The lowest BCUT2D eigenvalue weighted by Crippen LogP contribution is -2.18. The van der Waals surface area contributed by atoms with Crippen LogP contribution in [0.15, 0.2) is 0 Å². The molecule has 0 aliphatic heterocycles. The molecular weight excluding hydrogens is 565 g/mol. The van der Waals surface area contributed by atoms with Crippen LogP contribution in [-0.2, 0) is 0 Å². The lowest BCUT2D eigenvalue weighted by atomic mass is 9.75. The fourth-order valence-corrected chi connectivity index (χ4v) is 8.91. The van der Waals surface area contributed by atoms with Gasteiger partial charge in [-0.2, -0.15) is 0 Å². The molecule has 0 bridgehead atoms. The molecule has 0 nitrogen and oxygen atoms in total. The summed E-state index contributed by atoms with van der Waals surface area (Å²) >= 11 is 0. The van der Waals surface area contributed by atoms with E-state index in [1.807, 2.05) is 27.7 Å². The van der Waals surface area contributed by atoms with Crippen LogP contribution in [0.4, 0.5) is 0 Å². The van der Waals surface area contributed by atoms with Gasteiger partial charge in [-0.25, -0.2) is 0 Å². The molecule has 5 rings (SSSR count). The van der Waals surface area contributed by atoms with Crippen molar-refractivity contribution >= 4 is 0 Å². The summed E-state index contributed by atoms with van der Waals surface area (Å²) in [5.74, 6) is 5.24. The molecular formula is C47H96. The average molecular weight is 661 g/mol. The van der Waals surface area contributed by atoms with Gasteiger partial charge >= 0.3 is 0 Å². The number of hydrogen-bond donors (Lipinski definition) is 0. The van der Waals surface area contributed by atoms with E-state index < -0.39 is 0 Å². The quantitative estimate of drug-likeness (QED) is 0.262. The average Bonchev–Trinajstić information content (AvgIpc) is 3.02. The molecule has 0 atom stereocenters. The molecule has 0 radical (unpaired) electrons. The van der Waals surface area contributed by atoms with Gasteiger partial charge < -0.3 is 0 Å². The molecule has 5 aliphatic carbocycles. The normalized spacial score (nSPS) is 26.4. The van der Waals surface area contributed by atoms with E-state index in [1.54, 1.807) is 25.7 Å². The third-order valence-electron chi connectivity index (χ3n) is 12.1. The van der Waals surface area contributed by atoms with Crippen LogP contribution in [0.25, 0.3) is 0 Å². The van der Waals surface area contributed by atoms with E-state index in [0.29, 0.717) is 0 Å². The molecule has 0 aromatic heterocycles. The van der Waals surface area contributed by atoms with E-state index in [-0.39, 0.29) is 0 Å². The first-order valence-corrected chi connectivity index (χ1v) is 23.1. The summed E-state index contributed by atoms with van der Waals surface area (Å²) in [6, 6.07) is 0. The van der Waals surface area contributed by atoms with Crippen molar-refractivity contribution in [2.24, 2.45) is 29.6 Å². The van der Waals surface area contributed by atoms with Gasteiger partial charge in [0.25, 0.3) is 0 Å². The van der Waals surface area contributed by atoms with E-state index in [1.165, 1.54) is 199 Å². The summed E-state index contributed by atoms with van der Waals surface area (Å²) in [5, 5.41) is 0. The standard InChI is InChI=1S/C17H32.2C9H18.C8H16.2C2H6/c1-15-9-7-13-17(14-8-10-15)16-11-5-3-2-4-6-12-16;2*1-9-7-5-3-2-4-6-8-9;1-2-4-6-8-7-5-3-1;2*1-2/h15-17H,2-14H2,1H3;2*9H,2-8H2,1H3;1-8H2;2*1-2H3. The Kier molecular flexibility index (Phi) is 37.3. The Hall–Kier alpha value is 0. The molecule has 0 unspecified atom stereocenters. The summed E-state index contributed by atoms with van der Waals surface area (Å²) in [5.41, 5.74) is 0. The summed E-state index contributed by atoms with van der Waals surface area (Å²) in [6.45, 7) is 15.2. The minimum atomic E-state index is 1.01. The maximum absolute atomic E-state index is 2.45. The fourth-order valence-electron chi connectivity index (χ4n) is 8.91. The van der Waals surface area contributed by atoms with Crippen LogP contribution in [-0.4, -0.2) is 0 Å². The highest BCUT2D eigenvalue weighted by Crippen LogP contribution is 2.36. The van der Waals surface area contributed by atoms with E-state index in [4.69, 9.17) is 0 Å². The molecule has 284 valence electrons. The summed E-state index contributed by atoms with van der Waals surface area (Å²) in [4.78, 5) is 0. The first-order chi connectivity index (χ1) is 23.1. The molecule has 0 saturated heterocycles. The maximum atomic E-state index is 2.45. The van der Waals surface area contributed by atoms with Gasteiger partial charge in [-0.3, -0.25) is 0 Å². The van der Waals surface area contributed by atoms with Crippen molar-refractivity contribution < 1.29 is 0 Å². The summed E-state index contributed by atoms with van der Waals surface area (Å²) in [7, 11) is 0. The van der Waals surface area contributed by atoms with Crippen LogP contribution in [0.3, 0.4) is 0 Å². The Balaban J connectivity index is 0.000000609. The molecule has 0 spiro atoms. The van der Waals surface area contributed by atoms with Gasteiger partial charge in [-0.05, 0) is 29.6 Å². The van der Waals surface area contributed by atoms with Crippen molar-refractivity contribution in [1.82, 2.24) is 0 Å². The third-order valence-corrected chi connectivity index (χ3v) is 12.1. The van der Waals surface area contributed by atoms with Gasteiger partial charge in [0.15, 0.2) is 0 Å². The molecule has 5 fully saturated rings. The van der Waals surface area contributed by atoms with E-state index in [2.05, 4.69) is 20.8 Å². The highest BCUT2D eigenvalue weighted by Gasteiger charge is 2.23. The van der Waals surface area contributed by atoms with Crippen LogP contribution in [0.5, 0.6) is 0 Å². The van der Waals surface area contributed by atoms with Gasteiger partial charge in [0.05, 0.1) is 0 Å². The van der Waals surface area contributed by atoms with Crippen molar-refractivity contribution in [3.05, 3.63) is 0 Å². The Bertz CT molecular complexity index is 486. The zero-order valence-electron chi connectivity index (χ0n) is 34.6. The second-order valence-corrected chi connectivity index (χ2v) is 16.6. The van der Waals surface area contributed by atoms with Gasteiger partial charge in [0, 0.05) is 0 Å². The van der Waals surface area contributed by atoms with Crippen molar-refractivity contribution in [2.75, 3.05) is 0 Å². The highest BCUT2D eigenvalue weighted by molar-refractivity contribution is 4.75. The smallest absolute Gasteiger partial charge is 0.0386 e. The molecule has 5 aliphatic rings. The van der Waals surface area contributed by atoms with Gasteiger partial charge in [0.1, 0.15) is 0 Å². The van der Waals surface area contributed by atoms with Crippen LogP contribution in [0, 0.1) is 29.6 Å². The first kappa shape index (κ1) is 47.0. The molecule has 0 N–H and O–H groups in total. The number of hydrogen-bond acceptors (Lipinski definition) is 0. The van der Waals surface area contributed by atoms with Crippen LogP contribution in [0.1, 0.15) is 273 Å². The predicted octanol–water partition coefficient (Wildman–Crippen LogP) is 17.9. The van der Waals surface area contributed by atoms with Gasteiger partial charge in [-0.1, -0.05) is 273 Å². The Labute approximate surface area is 302 Å². The summed E-state index contributed by atoms with van der Waals surface area (Å²) < 4.78 is 0. The lowest BCUT2D eigenvalue weighted by molar-refractivity contribution is 0.210. The second kappa shape index (κ2) is 37.3. The molecule has 0 aromatic carbocycles. The fraction of sp³-hybridized carbons (Fsp3) is 1.00. The molecule has 0 heterocycles. The summed E-state index contributed by atoms with van der Waals surface area (Å²) in [6.07, 6.45) is 52.7. The first-order valence-electron chi connectivity index (χ1n) is 23.1. The van der Waals surface area contributed by atoms with Crippen molar-refractivity contribution in [3.8, 4) is 0 Å². The molecule has 0 aromatic rings. The SMILES string of the molecule is C1CCCCCCC1.CC.CC.CC1CCCC(C2CCCCCCC2)CCC1.CC1CCCCCCC1.CC1CCCCCCC1. The Morgan fingerprint density at radius 1 is 0.191 bits per heavy atom. The molecule has 5 saturated carbocycles. The molecule has 0 heteroatoms. The zero-order valence-corrected chi connectivity index (χ0v) is 34.6. The minimum absolute atomic E-state index is 1.01. The van der Waals surface area contributed by atoms with E-state index in [0.717, 1.165) is 29.6 Å². The topological polar surface area (TPSA) is 0 Å². The Morgan fingerprint density at radius 3 is 0.574 bits per heavy atom. The van der Waals surface area contributed by atoms with Crippen molar-refractivity contribution in [3.63, 3.8) is 0 Å². The monoisotopic (exact) mass is 661 g/mol. The zero-order chi connectivity index (χ0) is 34.6. The van der Waals surface area contributed by atoms with Crippen LogP contribution < -0.4 is 0 Å². The van der Waals surface area contributed by atoms with E-state index >= 15 is 0 Å². The second-order valence-electron chi connectivity index (χ2n) is 16.6. The molecule has 0 amide bonds. The third kappa shape index (κ3) is 30.5. The van der Waals surface area contributed by atoms with Crippen molar-refractivity contribution in [1.29, 1.82) is 0 Å². The Morgan fingerprint density at radius 2 is 0.340 bits per heavy atom. The predicted molar refractivity (Wildman–Crippen MR) is 219 cm³/mol. The lowest BCUT2D eigenvalue weighted by Gasteiger charge is -2.31. The van der Waals surface area contributed by atoms with Gasteiger partial charge in [0.2, 0.25) is 0 Å². The molecule has 47 heavy (non-hydrogen) atoms. The van der Waals surface area contributed by atoms with Crippen LogP contribution >= 0.6 is 0 Å². The van der Waals surface area contributed by atoms with Crippen molar-refractivity contribution in [2.45, 2.75) is 273 Å². The van der Waals surface area contributed by atoms with Gasteiger partial charge in [-0.15, -0.1) is 0 Å². The minimum Gasteiger partial charge on any atom is -0.0683 e. The highest BCUT2D eigenvalue weighted by atomic mass is 14.3. The van der Waals surface area contributed by atoms with E-state index in [9.17, 15) is 0 Å². The largest absolute Gasteiger partial charge is 0.0683 e. The van der Waals surface area contributed by atoms with Crippen LogP contribution in [0.2, 0.25) is 0 Å². The number of rotatable bonds is 1.